The summed E-state index contributed by atoms with van der Waals surface area (Å²) in [5.74, 6) is 0.670. The van der Waals surface area contributed by atoms with Crippen LogP contribution in [0, 0.1) is 0 Å². The lowest BCUT2D eigenvalue weighted by molar-refractivity contribution is 0.361. The van der Waals surface area contributed by atoms with E-state index in [1.807, 2.05) is 0 Å². The molecule has 0 unspecified atom stereocenters. The van der Waals surface area contributed by atoms with Crippen LogP contribution in [0.15, 0.2) is 55.0 Å². The second-order valence-electron chi connectivity index (χ2n) is 5.37. The van der Waals surface area contributed by atoms with Crippen LogP contribution in [0.1, 0.15) is 0 Å². The van der Waals surface area contributed by atoms with Gasteiger partial charge < -0.3 is 14.2 Å². The van der Waals surface area contributed by atoms with Gasteiger partial charge in [0, 0.05) is 18.6 Å². The summed E-state index contributed by atoms with van der Waals surface area (Å²) in [6.45, 7) is 0. The van der Waals surface area contributed by atoms with E-state index in [0.29, 0.717) is 0 Å². The molecule has 0 spiro atoms. The molecular formula is C18H9Cl3N6O3. The van der Waals surface area contributed by atoms with E-state index in [4.69, 9.17) is 49.0 Å². The van der Waals surface area contributed by atoms with E-state index in [1.165, 1.54) is 18.6 Å². The van der Waals surface area contributed by atoms with Gasteiger partial charge in [0.15, 0.2) is 32.7 Å². The van der Waals surface area contributed by atoms with Crippen molar-refractivity contribution in [2.24, 2.45) is 0 Å². The molecule has 4 aromatic rings. The molecule has 0 saturated heterocycles. The van der Waals surface area contributed by atoms with Crippen LogP contribution in [0.2, 0.25) is 15.5 Å². The van der Waals surface area contributed by atoms with Gasteiger partial charge in [-0.05, 0) is 36.4 Å². The SMILES string of the molecule is Clc1ncccc1Oc1nc(Oc2cccnc2Cl)nc(Oc2cccnc2Cl)n1. The van der Waals surface area contributed by atoms with Crippen molar-refractivity contribution < 1.29 is 14.2 Å². The molecule has 0 aliphatic rings. The minimum absolute atomic E-state index is 0.119. The summed E-state index contributed by atoms with van der Waals surface area (Å²) in [5.41, 5.74) is 0. The van der Waals surface area contributed by atoms with E-state index in [-0.39, 0.29) is 50.7 Å². The standard InChI is InChI=1S/C18H9Cl3N6O3/c19-13-10(4-1-7-22-13)28-16-25-17(29-11-5-2-8-23-14(11)20)27-18(26-16)30-12-6-3-9-24-15(12)21/h1-9H. The molecule has 4 aromatic heterocycles. The molecule has 12 heteroatoms. The first-order chi connectivity index (χ1) is 14.6. The Labute approximate surface area is 184 Å². The molecule has 30 heavy (non-hydrogen) atoms. The molecule has 0 aromatic carbocycles. The maximum absolute atomic E-state index is 6.03. The molecule has 0 radical (unpaired) electrons. The predicted octanol–water partition coefficient (Wildman–Crippen LogP) is 5.39. The van der Waals surface area contributed by atoms with Crippen molar-refractivity contribution in [2.75, 3.05) is 0 Å². The Hall–Kier alpha value is -3.27. The van der Waals surface area contributed by atoms with Crippen molar-refractivity contribution in [3.8, 4) is 35.3 Å². The third-order valence-corrected chi connectivity index (χ3v) is 4.20. The number of rotatable bonds is 6. The van der Waals surface area contributed by atoms with Gasteiger partial charge in [-0.25, -0.2) is 15.0 Å². The van der Waals surface area contributed by atoms with Gasteiger partial charge in [-0.2, -0.15) is 0 Å². The highest BCUT2D eigenvalue weighted by Crippen LogP contribution is 2.31. The summed E-state index contributed by atoms with van der Waals surface area (Å²) < 4.78 is 16.8. The smallest absolute Gasteiger partial charge is 0.331 e. The van der Waals surface area contributed by atoms with E-state index < -0.39 is 0 Å². The quantitative estimate of drug-likeness (QED) is 0.348. The Morgan fingerprint density at radius 2 is 0.800 bits per heavy atom. The zero-order valence-corrected chi connectivity index (χ0v) is 17.0. The number of halogens is 3. The third-order valence-electron chi connectivity index (χ3n) is 3.35. The normalized spacial score (nSPS) is 10.5. The molecule has 0 fully saturated rings. The molecule has 9 nitrogen and oxygen atoms in total. The average Bonchev–Trinajstić information content (AvgIpc) is 2.73. The molecule has 0 saturated carbocycles. The largest absolute Gasteiger partial charge is 0.421 e. The van der Waals surface area contributed by atoms with Crippen LogP contribution in [-0.4, -0.2) is 29.9 Å². The van der Waals surface area contributed by atoms with E-state index in [1.54, 1.807) is 36.4 Å². The van der Waals surface area contributed by atoms with Crippen molar-refractivity contribution in [1.82, 2.24) is 29.9 Å². The fourth-order valence-corrected chi connectivity index (χ4v) is 2.57. The zero-order chi connectivity index (χ0) is 20.9. The lowest BCUT2D eigenvalue weighted by atomic mass is 10.5. The number of pyridine rings is 3. The first kappa shape index (κ1) is 20.0. The summed E-state index contributed by atoms with van der Waals surface area (Å²) >= 11 is 18.1. The van der Waals surface area contributed by atoms with Crippen molar-refractivity contribution in [3.63, 3.8) is 0 Å². The van der Waals surface area contributed by atoms with Gasteiger partial charge in [-0.3, -0.25) is 0 Å². The van der Waals surface area contributed by atoms with Gasteiger partial charge in [-0.15, -0.1) is 15.0 Å². The average molecular weight is 464 g/mol. The first-order valence-electron chi connectivity index (χ1n) is 8.19. The Kier molecular flexibility index (Phi) is 6.03. The van der Waals surface area contributed by atoms with E-state index in [2.05, 4.69) is 29.9 Å². The summed E-state index contributed by atoms with van der Waals surface area (Å²) in [6.07, 6.45) is 4.54. The van der Waals surface area contributed by atoms with Gasteiger partial charge in [0.05, 0.1) is 0 Å². The van der Waals surface area contributed by atoms with Gasteiger partial charge in [-0.1, -0.05) is 34.8 Å². The number of hydrogen-bond donors (Lipinski definition) is 0. The van der Waals surface area contributed by atoms with Crippen molar-refractivity contribution in [2.45, 2.75) is 0 Å². The maximum Gasteiger partial charge on any atom is 0.331 e. The Morgan fingerprint density at radius 1 is 0.500 bits per heavy atom. The Morgan fingerprint density at radius 3 is 1.07 bits per heavy atom. The first-order valence-corrected chi connectivity index (χ1v) is 9.33. The summed E-state index contributed by atoms with van der Waals surface area (Å²) in [6, 6.07) is 9.22. The van der Waals surface area contributed by atoms with Gasteiger partial charge in [0.1, 0.15) is 0 Å². The summed E-state index contributed by atoms with van der Waals surface area (Å²) in [5, 5.41) is 0.357. The highest BCUT2D eigenvalue weighted by atomic mass is 35.5. The molecule has 0 bridgehead atoms. The monoisotopic (exact) mass is 462 g/mol. The lowest BCUT2D eigenvalue weighted by Crippen LogP contribution is -2.02. The fourth-order valence-electron chi connectivity index (χ4n) is 2.09. The highest BCUT2D eigenvalue weighted by Gasteiger charge is 2.16. The van der Waals surface area contributed by atoms with Crippen LogP contribution in [0.25, 0.3) is 0 Å². The second-order valence-corrected chi connectivity index (χ2v) is 6.44. The van der Waals surface area contributed by atoms with Crippen LogP contribution in [0.5, 0.6) is 35.3 Å². The van der Waals surface area contributed by atoms with E-state index in [9.17, 15) is 0 Å². The van der Waals surface area contributed by atoms with Crippen LogP contribution in [0.3, 0.4) is 0 Å². The predicted molar refractivity (Wildman–Crippen MR) is 108 cm³/mol. The van der Waals surface area contributed by atoms with Gasteiger partial charge in [0.25, 0.3) is 0 Å². The minimum atomic E-state index is -0.162. The molecule has 0 N–H and O–H groups in total. The minimum Gasteiger partial charge on any atom is -0.421 e. The Bertz CT molecular complexity index is 1040. The number of nitrogens with zero attached hydrogens (tertiary/aromatic N) is 6. The van der Waals surface area contributed by atoms with Crippen molar-refractivity contribution in [1.29, 1.82) is 0 Å². The van der Waals surface area contributed by atoms with Gasteiger partial charge >= 0.3 is 18.0 Å². The molecular weight excluding hydrogens is 455 g/mol. The molecule has 0 aliphatic carbocycles. The van der Waals surface area contributed by atoms with Crippen LogP contribution in [0.4, 0.5) is 0 Å². The van der Waals surface area contributed by atoms with Crippen molar-refractivity contribution in [3.05, 3.63) is 70.4 Å². The number of hydrogen-bond acceptors (Lipinski definition) is 9. The van der Waals surface area contributed by atoms with Crippen LogP contribution in [-0.2, 0) is 0 Å². The van der Waals surface area contributed by atoms with Crippen molar-refractivity contribution >= 4 is 34.8 Å². The Balaban J connectivity index is 1.70. The molecule has 0 amide bonds. The number of ether oxygens (including phenoxy) is 3. The van der Waals surface area contributed by atoms with Gasteiger partial charge in [0.2, 0.25) is 0 Å². The van der Waals surface area contributed by atoms with Crippen LogP contribution < -0.4 is 14.2 Å². The topological polar surface area (TPSA) is 105 Å². The lowest BCUT2D eigenvalue weighted by Gasteiger charge is -2.10. The molecule has 0 aliphatic heterocycles. The molecule has 150 valence electrons. The van der Waals surface area contributed by atoms with E-state index in [0.717, 1.165) is 0 Å². The summed E-state index contributed by atoms with van der Waals surface area (Å²) in [4.78, 5) is 24.1. The zero-order valence-electron chi connectivity index (χ0n) is 14.7. The third kappa shape index (κ3) is 4.82. The second kappa shape index (κ2) is 9.04. The fraction of sp³-hybridized carbons (Fsp3) is 0. The molecule has 0 atom stereocenters. The molecule has 4 rings (SSSR count). The summed E-state index contributed by atoms with van der Waals surface area (Å²) in [7, 11) is 0. The highest BCUT2D eigenvalue weighted by molar-refractivity contribution is 6.31. The van der Waals surface area contributed by atoms with E-state index >= 15 is 0 Å². The maximum atomic E-state index is 6.03. The van der Waals surface area contributed by atoms with Crippen LogP contribution >= 0.6 is 34.8 Å². The number of aromatic nitrogens is 6. The molecule has 4 heterocycles.